The molecule has 0 aliphatic carbocycles. The molecule has 156 valence electrons. The van der Waals surface area contributed by atoms with Gasteiger partial charge >= 0.3 is 5.97 Å². The second-order valence-corrected chi connectivity index (χ2v) is 9.54. The van der Waals surface area contributed by atoms with E-state index in [9.17, 15) is 13.2 Å². The maximum atomic E-state index is 12.6. The van der Waals surface area contributed by atoms with Crippen molar-refractivity contribution in [2.45, 2.75) is 23.6 Å². The van der Waals surface area contributed by atoms with Crippen LogP contribution >= 0.6 is 11.8 Å². The predicted molar refractivity (Wildman–Crippen MR) is 117 cm³/mol. The number of aliphatic imine (C=N–C) groups is 1. The number of pyridine rings is 1. The number of nitrogens with one attached hydrogen (secondary N) is 2. The molecule has 2 N–H and O–H groups in total. The molecule has 1 aromatic carbocycles. The molecule has 2 aromatic heterocycles. The van der Waals surface area contributed by atoms with Crippen LogP contribution in [0.4, 0.5) is 5.69 Å². The molecule has 1 aliphatic rings. The Balaban J connectivity index is 1.55. The highest BCUT2D eigenvalue weighted by Gasteiger charge is 2.25. The molecular formula is C20H20N4O4S2. The molecule has 0 saturated heterocycles. The predicted octanol–water partition coefficient (Wildman–Crippen LogP) is 3.18. The third-order valence-electron chi connectivity index (χ3n) is 4.46. The van der Waals surface area contributed by atoms with Gasteiger partial charge in [-0.05, 0) is 31.2 Å². The van der Waals surface area contributed by atoms with Crippen LogP contribution in [-0.4, -0.2) is 47.8 Å². The molecule has 3 heterocycles. The molecule has 4 rings (SSSR count). The summed E-state index contributed by atoms with van der Waals surface area (Å²) in [7, 11) is -3.81. The van der Waals surface area contributed by atoms with Gasteiger partial charge in [-0.25, -0.2) is 4.98 Å². The van der Waals surface area contributed by atoms with E-state index in [1.807, 2.05) is 12.1 Å². The summed E-state index contributed by atoms with van der Waals surface area (Å²) < 4.78 is 32.9. The molecule has 30 heavy (non-hydrogen) atoms. The van der Waals surface area contributed by atoms with Gasteiger partial charge in [0, 0.05) is 16.8 Å². The Kier molecular flexibility index (Phi) is 5.78. The third kappa shape index (κ3) is 4.34. The van der Waals surface area contributed by atoms with Crippen LogP contribution in [0.15, 0.2) is 58.7 Å². The van der Waals surface area contributed by atoms with Crippen molar-refractivity contribution >= 4 is 49.4 Å². The Labute approximate surface area is 178 Å². The lowest BCUT2D eigenvalue weighted by atomic mass is 10.2. The van der Waals surface area contributed by atoms with E-state index in [-0.39, 0.29) is 16.2 Å². The normalized spacial score (nSPS) is 16.4. The number of rotatable bonds is 7. The van der Waals surface area contributed by atoms with Crippen LogP contribution in [0.25, 0.3) is 10.9 Å². The summed E-state index contributed by atoms with van der Waals surface area (Å²) in [6, 6.07) is 12.0. The van der Waals surface area contributed by atoms with Crippen LogP contribution in [0.3, 0.4) is 0 Å². The molecule has 0 saturated carbocycles. The van der Waals surface area contributed by atoms with Crippen molar-refractivity contribution in [3.8, 4) is 0 Å². The van der Waals surface area contributed by atoms with Crippen molar-refractivity contribution < 1.29 is 17.9 Å². The first kappa shape index (κ1) is 20.4. The Hall–Kier alpha value is -2.85. The summed E-state index contributed by atoms with van der Waals surface area (Å²) in [5.74, 6) is -0.227. The zero-order chi connectivity index (χ0) is 21.1. The van der Waals surface area contributed by atoms with Crippen molar-refractivity contribution in [1.29, 1.82) is 0 Å². The van der Waals surface area contributed by atoms with E-state index in [2.05, 4.69) is 19.7 Å². The number of fused-ring (bicyclic) bond motifs is 1. The molecule has 0 bridgehead atoms. The summed E-state index contributed by atoms with van der Waals surface area (Å²) in [6.45, 7) is 2.68. The van der Waals surface area contributed by atoms with Gasteiger partial charge in [-0.2, -0.15) is 8.42 Å². The van der Waals surface area contributed by atoms with E-state index in [1.165, 1.54) is 24.0 Å². The van der Waals surface area contributed by atoms with Gasteiger partial charge < -0.3 is 9.72 Å². The molecule has 0 spiro atoms. The summed E-state index contributed by atoms with van der Waals surface area (Å²) in [4.78, 5) is 23.4. The van der Waals surface area contributed by atoms with Gasteiger partial charge in [-0.3, -0.25) is 14.5 Å². The lowest BCUT2D eigenvalue weighted by Gasteiger charge is -2.08. The summed E-state index contributed by atoms with van der Waals surface area (Å²) >= 11 is 1.52. The van der Waals surface area contributed by atoms with Crippen LogP contribution in [0.5, 0.6) is 0 Å². The highest BCUT2D eigenvalue weighted by atomic mass is 32.2. The van der Waals surface area contributed by atoms with Gasteiger partial charge in [0.2, 0.25) is 0 Å². The molecule has 0 amide bonds. The van der Waals surface area contributed by atoms with Crippen molar-refractivity contribution in [2.75, 3.05) is 17.9 Å². The summed E-state index contributed by atoms with van der Waals surface area (Å²) in [5.41, 5.74) is 1.87. The van der Waals surface area contributed by atoms with E-state index in [0.29, 0.717) is 30.8 Å². The van der Waals surface area contributed by atoms with Gasteiger partial charge in [-0.1, -0.05) is 30.0 Å². The van der Waals surface area contributed by atoms with Crippen LogP contribution in [0, 0.1) is 0 Å². The Morgan fingerprint density at radius 2 is 2.17 bits per heavy atom. The number of carbonyl (C=O) groups excluding carboxylic acids is 1. The number of benzene rings is 1. The number of anilines is 1. The minimum atomic E-state index is -3.81. The smallest absolute Gasteiger partial charge is 0.306 e. The number of H-pyrrole nitrogens is 1. The highest BCUT2D eigenvalue weighted by molar-refractivity contribution is 8.15. The first-order valence-electron chi connectivity index (χ1n) is 9.39. The van der Waals surface area contributed by atoms with Crippen molar-refractivity contribution in [2.24, 2.45) is 4.99 Å². The van der Waals surface area contributed by atoms with Crippen molar-refractivity contribution in [3.63, 3.8) is 0 Å². The number of para-hydroxylation sites is 1. The molecule has 1 atom stereocenters. The number of carbonyl (C=O) groups is 1. The molecule has 1 aliphatic heterocycles. The number of thioether (sulfide) groups is 1. The van der Waals surface area contributed by atoms with Gasteiger partial charge in [0.05, 0.1) is 36.5 Å². The Morgan fingerprint density at radius 3 is 2.93 bits per heavy atom. The maximum absolute atomic E-state index is 12.6. The number of esters is 1. The van der Waals surface area contributed by atoms with Crippen LogP contribution < -0.4 is 4.72 Å². The number of sulfonamides is 1. The summed E-state index contributed by atoms with van der Waals surface area (Å²) in [6.07, 6.45) is 1.74. The molecule has 10 heteroatoms. The van der Waals surface area contributed by atoms with Crippen LogP contribution in [0.1, 0.15) is 19.0 Å². The average molecular weight is 445 g/mol. The van der Waals surface area contributed by atoms with Gasteiger partial charge in [0.15, 0.2) is 5.03 Å². The quantitative estimate of drug-likeness (QED) is 0.541. The molecule has 0 fully saturated rings. The zero-order valence-corrected chi connectivity index (χ0v) is 17.8. The van der Waals surface area contributed by atoms with Crippen LogP contribution in [0.2, 0.25) is 0 Å². The number of aromatic nitrogens is 2. The Morgan fingerprint density at radius 1 is 1.30 bits per heavy atom. The highest BCUT2D eigenvalue weighted by Crippen LogP contribution is 2.31. The molecule has 0 radical (unpaired) electrons. The second kappa shape index (κ2) is 8.49. The standard InChI is InChI=1S/C20H20N4O4S2/c1-2-28-18(25)11-14-12-22-20(29-14)16-10-13-6-5-7-15(19(13)23-16)24-30(26,27)17-8-3-4-9-21-17/h3-10,14,23-24H,2,11-12H2,1H3. The number of nitrogens with zero attached hydrogens (tertiary/aromatic N) is 2. The zero-order valence-electron chi connectivity index (χ0n) is 16.2. The lowest BCUT2D eigenvalue weighted by molar-refractivity contribution is -0.143. The van der Waals surface area contributed by atoms with Crippen molar-refractivity contribution in [1.82, 2.24) is 9.97 Å². The largest absolute Gasteiger partial charge is 0.466 e. The fourth-order valence-electron chi connectivity index (χ4n) is 3.14. The SMILES string of the molecule is CCOC(=O)CC1CN=C(c2cc3cccc(NS(=O)(=O)c4ccccn4)c3[nH]2)S1. The fourth-order valence-corrected chi connectivity index (χ4v) is 5.23. The van der Waals surface area contributed by atoms with E-state index in [0.717, 1.165) is 16.1 Å². The monoisotopic (exact) mass is 444 g/mol. The Bertz CT molecular complexity index is 1210. The minimum absolute atomic E-state index is 0.0348. The summed E-state index contributed by atoms with van der Waals surface area (Å²) in [5, 5.41) is 1.63. The third-order valence-corrected chi connectivity index (χ3v) is 6.96. The van der Waals surface area contributed by atoms with Gasteiger partial charge in [0.25, 0.3) is 10.0 Å². The number of ether oxygens (including phenoxy) is 1. The lowest BCUT2D eigenvalue weighted by Crippen LogP contribution is -2.14. The molecule has 3 aromatic rings. The van der Waals surface area contributed by atoms with E-state index in [1.54, 1.807) is 31.2 Å². The van der Waals surface area contributed by atoms with E-state index < -0.39 is 10.0 Å². The second-order valence-electron chi connectivity index (χ2n) is 6.62. The number of hydrogen-bond acceptors (Lipinski definition) is 7. The molecular weight excluding hydrogens is 424 g/mol. The number of aromatic amines is 1. The molecule has 8 nitrogen and oxygen atoms in total. The van der Waals surface area contributed by atoms with Crippen molar-refractivity contribution in [3.05, 3.63) is 54.4 Å². The molecule has 1 unspecified atom stereocenters. The van der Waals surface area contributed by atoms with Gasteiger partial charge in [0.1, 0.15) is 5.04 Å². The fraction of sp³-hybridized carbons (Fsp3) is 0.250. The first-order chi connectivity index (χ1) is 14.5. The average Bonchev–Trinajstić information content (AvgIpc) is 3.36. The topological polar surface area (TPSA) is 114 Å². The van der Waals surface area contributed by atoms with E-state index in [4.69, 9.17) is 4.74 Å². The van der Waals surface area contributed by atoms with Crippen LogP contribution in [-0.2, 0) is 19.6 Å². The number of hydrogen-bond donors (Lipinski definition) is 2. The first-order valence-corrected chi connectivity index (χ1v) is 11.7. The van der Waals surface area contributed by atoms with E-state index >= 15 is 0 Å². The maximum Gasteiger partial charge on any atom is 0.306 e. The van der Waals surface area contributed by atoms with Gasteiger partial charge in [-0.15, -0.1) is 0 Å². The minimum Gasteiger partial charge on any atom is -0.466 e.